The third-order valence-corrected chi connectivity index (χ3v) is 3.54. The molecule has 1 aromatic heterocycles. The van der Waals surface area contributed by atoms with Crippen LogP contribution in [0.5, 0.6) is 0 Å². The van der Waals surface area contributed by atoms with E-state index < -0.39 is 0 Å². The van der Waals surface area contributed by atoms with E-state index in [0.717, 1.165) is 30.0 Å². The van der Waals surface area contributed by atoms with Crippen LogP contribution in [0.2, 0.25) is 0 Å². The molecule has 0 saturated heterocycles. The van der Waals surface area contributed by atoms with Gasteiger partial charge in [0.15, 0.2) is 5.82 Å². The first-order chi connectivity index (χ1) is 10.0. The van der Waals surface area contributed by atoms with E-state index in [4.69, 9.17) is 5.26 Å². The first-order valence-electron chi connectivity index (χ1n) is 7.07. The molecule has 110 valence electrons. The molecule has 5 nitrogen and oxygen atoms in total. The molecule has 21 heavy (non-hydrogen) atoms. The molecular formula is C16H21N5. The van der Waals surface area contributed by atoms with Gasteiger partial charge in [0, 0.05) is 31.3 Å². The standard InChI is InChI=1S/C16H21N5/c1-16(2,9-4-10-17)11-18-14-7-5-13(6-8-14)15-20-19-12-21(15)3/h5-8,12,18H,4,9,11H2,1-3H3. The zero-order chi connectivity index (χ0) is 15.3. The highest BCUT2D eigenvalue weighted by Crippen LogP contribution is 2.24. The number of benzene rings is 1. The highest BCUT2D eigenvalue weighted by Gasteiger charge is 2.17. The average molecular weight is 283 g/mol. The number of nitriles is 1. The van der Waals surface area contributed by atoms with E-state index >= 15 is 0 Å². The summed E-state index contributed by atoms with van der Waals surface area (Å²) >= 11 is 0. The molecule has 0 amide bonds. The SMILES string of the molecule is Cn1cnnc1-c1ccc(NCC(C)(C)CCC#N)cc1. The molecule has 0 fully saturated rings. The van der Waals surface area contributed by atoms with Gasteiger partial charge in [0.2, 0.25) is 0 Å². The molecule has 0 bridgehead atoms. The predicted octanol–water partition coefficient (Wildman–Crippen LogP) is 3.22. The lowest BCUT2D eigenvalue weighted by atomic mass is 9.88. The molecule has 5 heteroatoms. The summed E-state index contributed by atoms with van der Waals surface area (Å²) in [5, 5.41) is 20.1. The molecule has 0 spiro atoms. The van der Waals surface area contributed by atoms with Crippen molar-refractivity contribution in [1.82, 2.24) is 14.8 Å². The minimum atomic E-state index is 0.109. The van der Waals surface area contributed by atoms with Gasteiger partial charge in [-0.15, -0.1) is 10.2 Å². The summed E-state index contributed by atoms with van der Waals surface area (Å²) in [6.45, 7) is 5.19. The third kappa shape index (κ3) is 4.06. The van der Waals surface area contributed by atoms with Gasteiger partial charge >= 0.3 is 0 Å². The van der Waals surface area contributed by atoms with Crippen LogP contribution in [0.4, 0.5) is 5.69 Å². The van der Waals surface area contributed by atoms with Crippen LogP contribution < -0.4 is 5.32 Å². The molecule has 2 rings (SSSR count). The fourth-order valence-electron chi connectivity index (χ4n) is 2.11. The molecule has 0 aliphatic heterocycles. The van der Waals surface area contributed by atoms with E-state index in [1.54, 1.807) is 6.33 Å². The maximum Gasteiger partial charge on any atom is 0.163 e. The van der Waals surface area contributed by atoms with Crippen LogP contribution in [-0.4, -0.2) is 21.3 Å². The second-order valence-electron chi connectivity index (χ2n) is 6.02. The number of rotatable bonds is 6. The lowest BCUT2D eigenvalue weighted by Gasteiger charge is -2.24. The Labute approximate surface area is 125 Å². The molecule has 0 unspecified atom stereocenters. The maximum atomic E-state index is 8.67. The van der Waals surface area contributed by atoms with E-state index in [1.165, 1.54) is 0 Å². The molecule has 0 saturated carbocycles. The zero-order valence-corrected chi connectivity index (χ0v) is 12.8. The maximum absolute atomic E-state index is 8.67. The van der Waals surface area contributed by atoms with Crippen molar-refractivity contribution >= 4 is 5.69 Å². The molecular weight excluding hydrogens is 262 g/mol. The average Bonchev–Trinajstić information content (AvgIpc) is 2.90. The van der Waals surface area contributed by atoms with Gasteiger partial charge in [-0.2, -0.15) is 5.26 Å². The van der Waals surface area contributed by atoms with Crippen molar-refractivity contribution in [3.63, 3.8) is 0 Å². The van der Waals surface area contributed by atoms with Crippen LogP contribution in [0.1, 0.15) is 26.7 Å². The minimum Gasteiger partial charge on any atom is -0.385 e. The molecule has 0 aliphatic carbocycles. The Balaban J connectivity index is 1.97. The second kappa shape index (κ2) is 6.40. The van der Waals surface area contributed by atoms with Crippen molar-refractivity contribution in [3.8, 4) is 17.5 Å². The minimum absolute atomic E-state index is 0.109. The summed E-state index contributed by atoms with van der Waals surface area (Å²) in [5.74, 6) is 0.857. The van der Waals surface area contributed by atoms with Crippen molar-refractivity contribution in [2.45, 2.75) is 26.7 Å². The van der Waals surface area contributed by atoms with Gasteiger partial charge in [0.25, 0.3) is 0 Å². The van der Waals surface area contributed by atoms with Crippen LogP contribution in [0, 0.1) is 16.7 Å². The largest absolute Gasteiger partial charge is 0.385 e. The lowest BCUT2D eigenvalue weighted by molar-refractivity contribution is 0.364. The van der Waals surface area contributed by atoms with E-state index in [0.29, 0.717) is 6.42 Å². The van der Waals surface area contributed by atoms with Crippen LogP contribution in [0.15, 0.2) is 30.6 Å². The summed E-state index contributed by atoms with van der Waals surface area (Å²) in [6.07, 6.45) is 3.19. The molecule has 1 aromatic carbocycles. The number of aromatic nitrogens is 3. The molecule has 1 N–H and O–H groups in total. The highest BCUT2D eigenvalue weighted by atomic mass is 15.2. The van der Waals surface area contributed by atoms with E-state index in [9.17, 15) is 0 Å². The highest BCUT2D eigenvalue weighted by molar-refractivity contribution is 5.59. The van der Waals surface area contributed by atoms with Gasteiger partial charge in [0.1, 0.15) is 6.33 Å². The van der Waals surface area contributed by atoms with Gasteiger partial charge in [-0.05, 0) is 36.1 Å². The third-order valence-electron chi connectivity index (χ3n) is 3.54. The molecule has 0 radical (unpaired) electrons. The lowest BCUT2D eigenvalue weighted by Crippen LogP contribution is -2.22. The van der Waals surface area contributed by atoms with Gasteiger partial charge in [-0.3, -0.25) is 0 Å². The quantitative estimate of drug-likeness (QED) is 0.884. The number of anilines is 1. The van der Waals surface area contributed by atoms with Gasteiger partial charge in [0.05, 0.1) is 6.07 Å². The van der Waals surface area contributed by atoms with Crippen molar-refractivity contribution in [2.24, 2.45) is 12.5 Å². The van der Waals surface area contributed by atoms with Crippen LogP contribution in [0.3, 0.4) is 0 Å². The van der Waals surface area contributed by atoms with E-state index in [2.05, 4.69) is 35.4 Å². The summed E-state index contributed by atoms with van der Waals surface area (Å²) in [6, 6.07) is 10.4. The molecule has 2 aromatic rings. The monoisotopic (exact) mass is 283 g/mol. The number of aryl methyl sites for hydroxylation is 1. The van der Waals surface area contributed by atoms with Crippen LogP contribution in [-0.2, 0) is 7.05 Å². The fraction of sp³-hybridized carbons (Fsp3) is 0.438. The number of nitrogens with one attached hydrogen (secondary N) is 1. The predicted molar refractivity (Wildman–Crippen MR) is 83.6 cm³/mol. The smallest absolute Gasteiger partial charge is 0.163 e. The zero-order valence-electron chi connectivity index (χ0n) is 12.8. The topological polar surface area (TPSA) is 66.5 Å². The number of hydrogen-bond donors (Lipinski definition) is 1. The summed E-state index contributed by atoms with van der Waals surface area (Å²) in [4.78, 5) is 0. The molecule has 0 atom stereocenters. The first-order valence-corrected chi connectivity index (χ1v) is 7.07. The van der Waals surface area contributed by atoms with Gasteiger partial charge in [-0.25, -0.2) is 0 Å². The Morgan fingerprint density at radius 2 is 2.00 bits per heavy atom. The Morgan fingerprint density at radius 1 is 1.29 bits per heavy atom. The number of hydrogen-bond acceptors (Lipinski definition) is 4. The summed E-state index contributed by atoms with van der Waals surface area (Å²) in [5.41, 5.74) is 2.23. The van der Waals surface area contributed by atoms with Gasteiger partial charge < -0.3 is 9.88 Å². The van der Waals surface area contributed by atoms with E-state index in [1.807, 2.05) is 35.9 Å². The van der Waals surface area contributed by atoms with Crippen molar-refractivity contribution in [2.75, 3.05) is 11.9 Å². The normalized spacial score (nSPS) is 11.1. The van der Waals surface area contributed by atoms with Crippen molar-refractivity contribution < 1.29 is 0 Å². The van der Waals surface area contributed by atoms with Gasteiger partial charge in [-0.1, -0.05) is 13.8 Å². The van der Waals surface area contributed by atoms with Crippen LogP contribution >= 0.6 is 0 Å². The van der Waals surface area contributed by atoms with Crippen LogP contribution in [0.25, 0.3) is 11.4 Å². The Bertz CT molecular complexity index is 619. The Morgan fingerprint density at radius 3 is 2.57 bits per heavy atom. The molecule has 1 heterocycles. The van der Waals surface area contributed by atoms with Crippen molar-refractivity contribution in [3.05, 3.63) is 30.6 Å². The molecule has 0 aliphatic rings. The van der Waals surface area contributed by atoms with Crippen molar-refractivity contribution in [1.29, 1.82) is 5.26 Å². The first kappa shape index (κ1) is 15.0. The summed E-state index contributed by atoms with van der Waals surface area (Å²) in [7, 11) is 1.93. The Hall–Kier alpha value is -2.35. The second-order valence-corrected chi connectivity index (χ2v) is 6.02. The fourth-order valence-corrected chi connectivity index (χ4v) is 2.11. The Kier molecular flexibility index (Phi) is 4.59. The van der Waals surface area contributed by atoms with E-state index in [-0.39, 0.29) is 5.41 Å². The summed E-state index contributed by atoms with van der Waals surface area (Å²) < 4.78 is 1.90. The number of nitrogens with zero attached hydrogens (tertiary/aromatic N) is 4.